The molecule has 2 aliphatic rings. The molecule has 2 aromatic rings. The fourth-order valence-electron chi connectivity index (χ4n) is 4.90. The summed E-state index contributed by atoms with van der Waals surface area (Å²) in [5.74, 6) is -1.52. The third-order valence-electron chi connectivity index (χ3n) is 7.62. The number of aromatic nitrogens is 1. The van der Waals surface area contributed by atoms with E-state index >= 15 is 0 Å². The zero-order chi connectivity index (χ0) is 29.2. The minimum absolute atomic E-state index is 0.198. The molecule has 5 bridgehead atoms. The first kappa shape index (κ1) is 29.2. The molecule has 10 nitrogen and oxygen atoms in total. The Balaban J connectivity index is 1.70. The Labute approximate surface area is 235 Å². The number of hydrogen-bond acceptors (Lipinski definition) is 6. The van der Waals surface area contributed by atoms with Gasteiger partial charge in [-0.3, -0.25) is 29.2 Å². The molecule has 40 heavy (non-hydrogen) atoms. The van der Waals surface area contributed by atoms with E-state index in [9.17, 15) is 19.2 Å². The van der Waals surface area contributed by atoms with Crippen LogP contribution in [0.1, 0.15) is 71.7 Å². The summed E-state index contributed by atoms with van der Waals surface area (Å²) in [6, 6.07) is 5.36. The molecule has 4 atom stereocenters. The fraction of sp³-hybridized carbons (Fsp3) is 0.500. The molecule has 4 rings (SSSR count). The van der Waals surface area contributed by atoms with Gasteiger partial charge in [-0.1, -0.05) is 32.1 Å². The second kappa shape index (κ2) is 11.8. The van der Waals surface area contributed by atoms with Gasteiger partial charge in [-0.05, 0) is 75.6 Å². The molecule has 0 saturated carbocycles. The number of benzene rings is 1. The van der Waals surface area contributed by atoms with E-state index in [0.29, 0.717) is 25.1 Å². The first-order valence-corrected chi connectivity index (χ1v) is 13.9. The zero-order valence-electron chi connectivity index (χ0n) is 24.1. The van der Waals surface area contributed by atoms with E-state index in [1.54, 1.807) is 39.1 Å². The van der Waals surface area contributed by atoms with Crippen molar-refractivity contribution in [1.82, 2.24) is 31.4 Å². The average molecular weight is 549 g/mol. The summed E-state index contributed by atoms with van der Waals surface area (Å²) in [6.07, 6.45) is 6.57. The van der Waals surface area contributed by atoms with Gasteiger partial charge in [-0.15, -0.1) is 0 Å². The van der Waals surface area contributed by atoms with E-state index < -0.39 is 29.4 Å². The summed E-state index contributed by atoms with van der Waals surface area (Å²) >= 11 is 0. The van der Waals surface area contributed by atoms with Gasteiger partial charge < -0.3 is 16.0 Å². The van der Waals surface area contributed by atoms with Gasteiger partial charge in [0.05, 0.1) is 17.2 Å². The minimum atomic E-state index is -0.933. The van der Waals surface area contributed by atoms with Crippen molar-refractivity contribution in [3.63, 3.8) is 0 Å². The Hall–Kier alpha value is -3.79. The average Bonchev–Trinajstić information content (AvgIpc) is 2.92. The van der Waals surface area contributed by atoms with Crippen LogP contribution in [0, 0.1) is 11.3 Å². The lowest BCUT2D eigenvalue weighted by atomic mass is 9.90. The molecule has 10 heteroatoms. The lowest BCUT2D eigenvalue weighted by Crippen LogP contribution is -2.62. The van der Waals surface area contributed by atoms with E-state index in [1.807, 2.05) is 45.0 Å². The van der Waals surface area contributed by atoms with Crippen LogP contribution in [0.5, 0.6) is 0 Å². The van der Waals surface area contributed by atoms with Crippen LogP contribution in [-0.4, -0.2) is 58.3 Å². The highest BCUT2D eigenvalue weighted by atomic mass is 16.2. The number of pyridine rings is 1. The van der Waals surface area contributed by atoms with E-state index in [1.165, 1.54) is 5.01 Å². The molecule has 1 fully saturated rings. The van der Waals surface area contributed by atoms with Gasteiger partial charge >= 0.3 is 0 Å². The molecule has 1 saturated heterocycles. The molecule has 4 N–H and O–H groups in total. The first-order valence-electron chi connectivity index (χ1n) is 13.9. The number of amides is 4. The quantitative estimate of drug-likeness (QED) is 0.433. The predicted molar refractivity (Wildman–Crippen MR) is 153 cm³/mol. The van der Waals surface area contributed by atoms with Crippen molar-refractivity contribution < 1.29 is 19.2 Å². The van der Waals surface area contributed by atoms with Crippen LogP contribution in [0.4, 0.5) is 0 Å². The first-order chi connectivity index (χ1) is 18.9. The number of carbonyl (C=O) groups excluding carboxylic acids is 4. The van der Waals surface area contributed by atoms with Crippen molar-refractivity contribution in [2.45, 2.75) is 78.6 Å². The molecule has 0 spiro atoms. The van der Waals surface area contributed by atoms with Crippen LogP contribution in [0.3, 0.4) is 0 Å². The number of rotatable bonds is 1. The number of hydrogen-bond donors (Lipinski definition) is 4. The van der Waals surface area contributed by atoms with Crippen LogP contribution in [0.25, 0.3) is 16.8 Å². The third kappa shape index (κ3) is 6.50. The molecular formula is C30H40N6O4. The van der Waals surface area contributed by atoms with Crippen molar-refractivity contribution in [3.05, 3.63) is 47.8 Å². The maximum Gasteiger partial charge on any atom is 0.258 e. The Kier molecular flexibility index (Phi) is 8.58. The van der Waals surface area contributed by atoms with Gasteiger partial charge in [0.15, 0.2) is 0 Å². The molecule has 4 amide bonds. The van der Waals surface area contributed by atoms with Crippen molar-refractivity contribution in [2.75, 3.05) is 6.54 Å². The Morgan fingerprint density at radius 1 is 0.950 bits per heavy atom. The molecule has 0 aliphatic carbocycles. The normalized spacial score (nSPS) is 26.4. The van der Waals surface area contributed by atoms with E-state index in [0.717, 1.165) is 16.3 Å². The van der Waals surface area contributed by atoms with Crippen LogP contribution in [0.2, 0.25) is 0 Å². The summed E-state index contributed by atoms with van der Waals surface area (Å²) in [6.45, 7) is 11.2. The predicted octanol–water partition coefficient (Wildman–Crippen LogP) is 2.61. The van der Waals surface area contributed by atoms with E-state index in [4.69, 9.17) is 0 Å². The number of fused-ring (bicyclic) bond motifs is 4. The molecule has 2 aliphatic heterocycles. The van der Waals surface area contributed by atoms with Crippen LogP contribution < -0.4 is 21.4 Å². The smallest absolute Gasteiger partial charge is 0.258 e. The molecule has 1 aromatic heterocycles. The summed E-state index contributed by atoms with van der Waals surface area (Å²) in [5, 5.41) is 12.0. The van der Waals surface area contributed by atoms with Gasteiger partial charge in [0.1, 0.15) is 18.1 Å². The van der Waals surface area contributed by atoms with Gasteiger partial charge in [-0.25, -0.2) is 5.43 Å². The molecule has 1 aromatic carbocycles. The highest BCUT2D eigenvalue weighted by Gasteiger charge is 2.34. The van der Waals surface area contributed by atoms with Crippen molar-refractivity contribution >= 4 is 40.5 Å². The van der Waals surface area contributed by atoms with E-state index in [-0.39, 0.29) is 29.7 Å². The fourth-order valence-corrected chi connectivity index (χ4v) is 4.90. The summed E-state index contributed by atoms with van der Waals surface area (Å²) in [7, 11) is 0. The molecule has 0 radical (unpaired) electrons. The van der Waals surface area contributed by atoms with Crippen LogP contribution >= 0.6 is 0 Å². The van der Waals surface area contributed by atoms with Crippen molar-refractivity contribution in [1.29, 1.82) is 0 Å². The lowest BCUT2D eigenvalue weighted by Gasteiger charge is -2.35. The lowest BCUT2D eigenvalue weighted by molar-refractivity contribution is -0.143. The monoisotopic (exact) mass is 548 g/mol. The highest BCUT2D eigenvalue weighted by molar-refractivity contribution is 5.94. The number of hydrazine groups is 1. The largest absolute Gasteiger partial charge is 0.348 e. The highest BCUT2D eigenvalue weighted by Crippen LogP contribution is 2.24. The van der Waals surface area contributed by atoms with Crippen molar-refractivity contribution in [2.24, 2.45) is 11.3 Å². The Morgan fingerprint density at radius 3 is 2.40 bits per heavy atom. The summed E-state index contributed by atoms with van der Waals surface area (Å²) < 4.78 is 0. The number of nitrogens with one attached hydrogen (secondary N) is 4. The molecule has 0 unspecified atom stereocenters. The molecule has 3 heterocycles. The molecule has 214 valence electrons. The van der Waals surface area contributed by atoms with E-state index in [2.05, 4.69) is 26.4 Å². The van der Waals surface area contributed by atoms with Crippen LogP contribution in [0.15, 0.2) is 36.5 Å². The Bertz CT molecular complexity index is 1340. The SMILES string of the molecule is CC(C)[C@@H]1NC(=O)C(C)(C)C=Cc2cc3cc(ccc3cn2)[C@@H](C)NC(=O)[C@@H]2CCCN(N2)C(=O)[C@H](C)NC1=O. The molecular weight excluding hydrogens is 508 g/mol. The van der Waals surface area contributed by atoms with Crippen molar-refractivity contribution in [3.8, 4) is 0 Å². The topological polar surface area (TPSA) is 133 Å². The maximum absolute atomic E-state index is 13.3. The third-order valence-corrected chi connectivity index (χ3v) is 7.62. The summed E-state index contributed by atoms with van der Waals surface area (Å²) in [5.41, 5.74) is 3.74. The number of carbonyl (C=O) groups is 4. The summed E-state index contributed by atoms with van der Waals surface area (Å²) in [4.78, 5) is 57.4. The van der Waals surface area contributed by atoms with Crippen LogP contribution in [-0.2, 0) is 19.2 Å². The minimum Gasteiger partial charge on any atom is -0.348 e. The van der Waals surface area contributed by atoms with Gasteiger partial charge in [0.2, 0.25) is 17.7 Å². The van der Waals surface area contributed by atoms with Gasteiger partial charge in [0.25, 0.3) is 5.91 Å². The second-order valence-electron chi connectivity index (χ2n) is 11.7. The van der Waals surface area contributed by atoms with Gasteiger partial charge in [0, 0.05) is 18.1 Å². The Morgan fingerprint density at radius 2 is 1.68 bits per heavy atom. The second-order valence-corrected chi connectivity index (χ2v) is 11.7. The standard InChI is InChI=1S/C30H40N6O4/c1-17(2)25-27(38)33-19(4)28(39)36-13-7-8-24(35-36)26(37)32-18(3)20-9-10-21-16-31-23(15-22(21)14-20)11-12-30(5,6)29(40)34-25/h9-12,14-19,24-25,35H,7-8,13H2,1-6H3,(H,32,37)(H,33,38)(H,34,40)/t18-,19+,24+,25+/m1/s1. The number of nitrogens with zero attached hydrogens (tertiary/aromatic N) is 2. The maximum atomic E-state index is 13.3. The zero-order valence-corrected chi connectivity index (χ0v) is 24.1. The van der Waals surface area contributed by atoms with Gasteiger partial charge in [-0.2, -0.15) is 0 Å².